The summed E-state index contributed by atoms with van der Waals surface area (Å²) in [7, 11) is 1.58. The van der Waals surface area contributed by atoms with E-state index >= 15 is 0 Å². The van der Waals surface area contributed by atoms with Gasteiger partial charge in [0.2, 0.25) is 0 Å². The Bertz CT molecular complexity index is 1110. The lowest BCUT2D eigenvalue weighted by molar-refractivity contribution is 0.0681. The minimum absolute atomic E-state index is 0.222. The van der Waals surface area contributed by atoms with Crippen molar-refractivity contribution in [3.05, 3.63) is 59.5 Å². The molecule has 0 aliphatic heterocycles. The number of benzene rings is 1. The molecule has 160 valence electrons. The number of urea groups is 1. The van der Waals surface area contributed by atoms with Gasteiger partial charge in [0.25, 0.3) is 0 Å². The Morgan fingerprint density at radius 2 is 2.00 bits per heavy atom. The average molecular weight is 421 g/mol. The maximum Gasteiger partial charge on any atom is 0.354 e. The molecule has 9 heteroatoms. The second-order valence-corrected chi connectivity index (χ2v) is 7.20. The molecule has 3 N–H and O–H groups in total. The Morgan fingerprint density at radius 1 is 1.19 bits per heavy atom. The summed E-state index contributed by atoms with van der Waals surface area (Å²) in [5.74, 6) is -0.280. The third-order valence-electron chi connectivity index (χ3n) is 5.24. The number of carbonyl (C=O) groups excluding carboxylic acids is 1. The first kappa shape index (κ1) is 20.4. The normalized spacial score (nSPS) is 11.9. The van der Waals surface area contributed by atoms with Gasteiger partial charge in [0, 0.05) is 42.3 Å². The van der Waals surface area contributed by atoms with Crippen molar-refractivity contribution >= 4 is 17.7 Å². The first-order chi connectivity index (χ1) is 15.1. The largest absolute Gasteiger partial charge is 0.497 e. The van der Waals surface area contributed by atoms with E-state index < -0.39 is 5.97 Å². The molecule has 4 rings (SSSR count). The third-order valence-corrected chi connectivity index (χ3v) is 5.24. The molecule has 0 unspecified atom stereocenters. The highest BCUT2D eigenvalue weighted by molar-refractivity contribution is 5.91. The van der Waals surface area contributed by atoms with Crippen LogP contribution in [-0.2, 0) is 19.4 Å². The maximum absolute atomic E-state index is 12.1. The van der Waals surface area contributed by atoms with Crippen LogP contribution in [0.1, 0.15) is 28.0 Å². The summed E-state index contributed by atoms with van der Waals surface area (Å²) >= 11 is 0. The molecular weight excluding hydrogens is 398 g/mol. The van der Waals surface area contributed by atoms with Crippen LogP contribution >= 0.6 is 0 Å². The molecule has 0 saturated carbocycles. The smallest absolute Gasteiger partial charge is 0.354 e. The number of nitrogens with zero attached hydrogens (tertiary/aromatic N) is 3. The van der Waals surface area contributed by atoms with Crippen LogP contribution in [0.25, 0.3) is 11.3 Å². The molecule has 3 aromatic rings. The summed E-state index contributed by atoms with van der Waals surface area (Å²) in [5.41, 5.74) is 4.37. The van der Waals surface area contributed by atoms with Crippen LogP contribution in [0.15, 0.2) is 42.7 Å². The lowest BCUT2D eigenvalue weighted by Gasteiger charge is -2.14. The van der Waals surface area contributed by atoms with Crippen LogP contribution in [0.3, 0.4) is 0 Å². The van der Waals surface area contributed by atoms with Gasteiger partial charge in [0.05, 0.1) is 12.8 Å². The van der Waals surface area contributed by atoms with E-state index in [2.05, 4.69) is 20.7 Å². The van der Waals surface area contributed by atoms with Crippen LogP contribution in [0.5, 0.6) is 5.75 Å². The molecule has 9 nitrogen and oxygen atoms in total. The van der Waals surface area contributed by atoms with E-state index in [9.17, 15) is 14.7 Å². The van der Waals surface area contributed by atoms with Crippen LogP contribution in [0, 0.1) is 0 Å². The van der Waals surface area contributed by atoms with Crippen molar-refractivity contribution in [1.29, 1.82) is 0 Å². The lowest BCUT2D eigenvalue weighted by Crippen LogP contribution is -2.30. The molecule has 2 amide bonds. The fourth-order valence-electron chi connectivity index (χ4n) is 3.75. The van der Waals surface area contributed by atoms with Crippen molar-refractivity contribution in [1.82, 2.24) is 20.1 Å². The van der Waals surface area contributed by atoms with Gasteiger partial charge in [-0.3, -0.25) is 9.67 Å². The quantitative estimate of drug-likeness (QED) is 0.505. The lowest BCUT2D eigenvalue weighted by atomic mass is 9.90. The molecule has 0 atom stereocenters. The van der Waals surface area contributed by atoms with Crippen LogP contribution < -0.4 is 15.4 Å². The summed E-state index contributed by atoms with van der Waals surface area (Å²) < 4.78 is 6.62. The number of ether oxygens (including phenoxy) is 1. The number of fused-ring (bicyclic) bond motifs is 3. The van der Waals surface area contributed by atoms with Crippen molar-refractivity contribution in [3.63, 3.8) is 0 Å². The van der Waals surface area contributed by atoms with Gasteiger partial charge in [-0.05, 0) is 55.2 Å². The summed E-state index contributed by atoms with van der Waals surface area (Å²) in [6, 6.07) is 8.57. The Balaban J connectivity index is 1.37. The molecule has 0 spiro atoms. The zero-order valence-corrected chi connectivity index (χ0v) is 17.1. The van der Waals surface area contributed by atoms with Gasteiger partial charge < -0.3 is 20.5 Å². The monoisotopic (exact) mass is 421 g/mol. The van der Waals surface area contributed by atoms with Crippen LogP contribution in [0.4, 0.5) is 10.5 Å². The minimum Gasteiger partial charge on any atom is -0.497 e. The molecule has 2 aromatic heterocycles. The zero-order chi connectivity index (χ0) is 21.8. The summed E-state index contributed by atoms with van der Waals surface area (Å²) in [6.07, 6.45) is 5.41. The van der Waals surface area contributed by atoms with Crippen molar-refractivity contribution in [3.8, 4) is 17.0 Å². The van der Waals surface area contributed by atoms with E-state index in [0.717, 1.165) is 23.1 Å². The van der Waals surface area contributed by atoms with Gasteiger partial charge in [0.1, 0.15) is 11.4 Å². The number of anilines is 1. The maximum atomic E-state index is 12.1. The minimum atomic E-state index is -0.989. The number of nitrogens with one attached hydrogen (secondary N) is 2. The molecule has 2 heterocycles. The summed E-state index contributed by atoms with van der Waals surface area (Å²) in [6.45, 7) is 0.768. The second kappa shape index (κ2) is 8.86. The molecule has 0 fully saturated rings. The van der Waals surface area contributed by atoms with Crippen molar-refractivity contribution in [2.24, 2.45) is 0 Å². The van der Waals surface area contributed by atoms with E-state index in [1.807, 2.05) is 12.3 Å². The zero-order valence-electron chi connectivity index (χ0n) is 17.1. The number of aromatic carboxylic acids is 1. The number of aromatic nitrogens is 3. The van der Waals surface area contributed by atoms with Crippen molar-refractivity contribution < 1.29 is 19.4 Å². The fourth-order valence-corrected chi connectivity index (χ4v) is 3.75. The van der Waals surface area contributed by atoms with E-state index in [4.69, 9.17) is 4.74 Å². The summed E-state index contributed by atoms with van der Waals surface area (Å²) in [5, 5.41) is 19.8. The third kappa shape index (κ3) is 4.35. The molecule has 0 saturated heterocycles. The summed E-state index contributed by atoms with van der Waals surface area (Å²) in [4.78, 5) is 28.1. The molecule has 0 radical (unpaired) electrons. The van der Waals surface area contributed by atoms with Crippen molar-refractivity contribution in [2.45, 2.75) is 25.8 Å². The van der Waals surface area contributed by atoms with Crippen LogP contribution in [0.2, 0.25) is 0 Å². The number of hydrogen-bond donors (Lipinski definition) is 3. The molecule has 0 bridgehead atoms. The predicted molar refractivity (Wildman–Crippen MR) is 114 cm³/mol. The van der Waals surface area contributed by atoms with E-state index in [1.165, 1.54) is 4.68 Å². The molecular formula is C22H23N5O4. The first-order valence-corrected chi connectivity index (χ1v) is 10.0. The Hall–Kier alpha value is -3.88. The first-order valence-electron chi connectivity index (χ1n) is 10.0. The number of pyridine rings is 1. The molecule has 1 aromatic carbocycles. The topological polar surface area (TPSA) is 118 Å². The Morgan fingerprint density at radius 3 is 2.74 bits per heavy atom. The van der Waals surface area contributed by atoms with Gasteiger partial charge in [0.15, 0.2) is 0 Å². The van der Waals surface area contributed by atoms with Gasteiger partial charge >= 0.3 is 12.0 Å². The Kier molecular flexibility index (Phi) is 5.83. The van der Waals surface area contributed by atoms with Gasteiger partial charge in [-0.25, -0.2) is 9.59 Å². The highest BCUT2D eigenvalue weighted by Crippen LogP contribution is 2.34. The number of aryl methyl sites for hydroxylation is 2. The number of methoxy groups -OCH3 is 1. The highest BCUT2D eigenvalue weighted by Gasteiger charge is 2.27. The number of amides is 2. The molecule has 1 aliphatic carbocycles. The number of carbonyl (C=O) groups is 2. The van der Waals surface area contributed by atoms with E-state index in [0.29, 0.717) is 43.1 Å². The second-order valence-electron chi connectivity index (χ2n) is 7.20. The fraction of sp³-hybridized carbons (Fsp3) is 0.273. The predicted octanol–water partition coefficient (Wildman–Crippen LogP) is 2.96. The highest BCUT2D eigenvalue weighted by atomic mass is 16.5. The number of carboxylic acids is 1. The van der Waals surface area contributed by atoms with Gasteiger partial charge in [-0.15, -0.1) is 0 Å². The van der Waals surface area contributed by atoms with E-state index in [-0.39, 0.29) is 11.7 Å². The van der Waals surface area contributed by atoms with Gasteiger partial charge in [-0.1, -0.05) is 0 Å². The van der Waals surface area contributed by atoms with Crippen molar-refractivity contribution in [2.75, 3.05) is 19.0 Å². The van der Waals surface area contributed by atoms with E-state index in [1.54, 1.807) is 37.6 Å². The average Bonchev–Trinajstić information content (AvgIpc) is 3.16. The van der Waals surface area contributed by atoms with Crippen LogP contribution in [-0.4, -0.2) is 45.5 Å². The number of rotatable bonds is 7. The molecule has 1 aliphatic rings. The number of carboxylic acid groups (broad SMARTS) is 1. The Labute approximate surface area is 179 Å². The molecule has 31 heavy (non-hydrogen) atoms. The SMILES string of the molecule is COc1ccc(NC(=O)NCCCn2nc3c(c2C(=O)O)CCc2cnccc2-3)cc1. The number of hydrogen-bond acceptors (Lipinski definition) is 5. The van der Waals surface area contributed by atoms with Gasteiger partial charge in [-0.2, -0.15) is 5.10 Å². The standard InChI is InChI=1S/C22H23N5O4/c1-31-16-6-4-15(5-7-16)25-22(30)24-10-2-12-27-20(21(28)29)18-8-3-14-13-23-11-9-17(14)19(18)26-27/h4-7,9,11,13H,2-3,8,10,12H2,1H3,(H,28,29)(H2,24,25,30).